The summed E-state index contributed by atoms with van der Waals surface area (Å²) in [5, 5.41) is 0. The topological polar surface area (TPSA) is 0 Å². The summed E-state index contributed by atoms with van der Waals surface area (Å²) in [6.07, 6.45) is 1.27. The molecule has 0 saturated heterocycles. The fourth-order valence-corrected chi connectivity index (χ4v) is 5.71. The predicted molar refractivity (Wildman–Crippen MR) is 58.1 cm³/mol. The van der Waals surface area contributed by atoms with Crippen LogP contribution < -0.4 is 0 Å². The highest BCUT2D eigenvalue weighted by molar-refractivity contribution is 7.29. The third-order valence-electron chi connectivity index (χ3n) is 1.59. The van der Waals surface area contributed by atoms with Gasteiger partial charge in [-0.3, -0.25) is 0 Å². The van der Waals surface area contributed by atoms with E-state index in [4.69, 9.17) is 0 Å². The lowest BCUT2D eigenvalue weighted by molar-refractivity contribution is 1.13. The van der Waals surface area contributed by atoms with Gasteiger partial charge in [-0.1, -0.05) is 42.9 Å². The van der Waals surface area contributed by atoms with Crippen LogP contribution in [0.1, 0.15) is 5.56 Å². The van der Waals surface area contributed by atoms with E-state index >= 15 is 0 Å². The third kappa shape index (κ3) is 4.04. The van der Waals surface area contributed by atoms with Gasteiger partial charge in [-0.15, -0.1) is 0 Å². The minimum Gasteiger partial charge on any atom is -0.0761 e. The number of aryl methyl sites for hydroxylation is 1. The van der Waals surface area contributed by atoms with Gasteiger partial charge in [-0.2, -0.15) is 0 Å². The summed E-state index contributed by atoms with van der Waals surface area (Å²) in [5.74, 6) is 0. The third-order valence-corrected chi connectivity index (χ3v) is 8.39. The van der Waals surface area contributed by atoms with Gasteiger partial charge in [0.25, 0.3) is 0 Å². The molecule has 0 aliphatic heterocycles. The number of hydrogen-bond donors (Lipinski definition) is 0. The summed E-state index contributed by atoms with van der Waals surface area (Å²) in [6, 6.07) is 12.2. The van der Waals surface area contributed by atoms with E-state index in [1.54, 1.807) is 0 Å². The molecule has 12 heavy (non-hydrogen) atoms. The van der Waals surface area contributed by atoms with Crippen molar-refractivity contribution in [3.8, 4) is 0 Å². The highest BCUT2D eigenvalue weighted by Gasteiger charge is 1.92. The molecule has 0 unspecified atom stereocenters. The van der Waals surface area contributed by atoms with Gasteiger partial charge in [0.15, 0.2) is 0 Å². The van der Waals surface area contributed by atoms with E-state index in [1.807, 2.05) is 0 Å². The van der Waals surface area contributed by atoms with Crippen LogP contribution in [0.15, 0.2) is 30.3 Å². The van der Waals surface area contributed by atoms with Crippen molar-refractivity contribution in [2.24, 2.45) is 0 Å². The van der Waals surface area contributed by atoms with Gasteiger partial charge in [0.05, 0.1) is 0 Å². The average molecular weight is 204 g/mol. The molecule has 3 heteroatoms. The molecule has 0 heterocycles. The highest BCUT2D eigenvalue weighted by atomic mass is 29.5. The summed E-state index contributed by atoms with van der Waals surface area (Å²) >= 11 is 0. The summed E-state index contributed by atoms with van der Waals surface area (Å²) in [4.78, 5) is 0. The van der Waals surface area contributed by atoms with Crippen molar-refractivity contribution in [3.63, 3.8) is 0 Å². The molecule has 0 fully saturated rings. The monoisotopic (exact) mass is 204 g/mol. The van der Waals surface area contributed by atoms with Crippen LogP contribution in [0.2, 0.25) is 12.6 Å². The first-order valence-corrected chi connectivity index (χ1v) is 9.82. The second-order valence-corrected chi connectivity index (χ2v) is 9.70. The Kier molecular flexibility index (Phi) is 5.30. The molecule has 1 rings (SSSR count). The van der Waals surface area contributed by atoms with Crippen LogP contribution in [-0.2, 0) is 6.42 Å². The maximum atomic E-state index is 2.30. The van der Waals surface area contributed by atoms with Gasteiger partial charge in [0.2, 0.25) is 0 Å². The van der Waals surface area contributed by atoms with E-state index in [9.17, 15) is 0 Å². The minimum atomic E-state index is 1.17. The van der Waals surface area contributed by atoms with Crippen LogP contribution in [0.4, 0.5) is 0 Å². The zero-order valence-electron chi connectivity index (χ0n) is 7.30. The van der Waals surface area contributed by atoms with Gasteiger partial charge in [0.1, 0.15) is 0 Å². The molecular weight excluding hydrogens is 192 g/mol. The molecule has 0 aliphatic carbocycles. The van der Waals surface area contributed by atoms with E-state index < -0.39 is 0 Å². The summed E-state index contributed by atoms with van der Waals surface area (Å²) in [7, 11) is 3.59. The first-order valence-electron chi connectivity index (χ1n) is 4.12. The van der Waals surface area contributed by atoms with E-state index in [1.165, 1.54) is 44.7 Å². The quantitative estimate of drug-likeness (QED) is 0.505. The smallest absolute Gasteiger partial charge is 0.0186 e. The van der Waals surface area contributed by atoms with Crippen LogP contribution in [0.5, 0.6) is 0 Å². The van der Waals surface area contributed by atoms with Gasteiger partial charge in [-0.25, -0.2) is 0 Å². The molecule has 1 aromatic rings. The maximum Gasteiger partial charge on any atom is 0.0186 e. The van der Waals surface area contributed by atoms with Crippen LogP contribution in [0, 0.1) is 0 Å². The minimum absolute atomic E-state index is 1.17. The second kappa shape index (κ2) is 6.39. The van der Waals surface area contributed by atoms with Crippen LogP contribution in [-0.4, -0.2) is 26.6 Å². The SMILES string of the molecule is C[Si][Si][Si]CCc1ccccc1. The van der Waals surface area contributed by atoms with E-state index in [0.717, 1.165) is 0 Å². The molecule has 1 aromatic carbocycles. The van der Waals surface area contributed by atoms with Gasteiger partial charge in [-0.05, 0) is 12.0 Å². The second-order valence-electron chi connectivity index (χ2n) is 2.54. The Labute approximate surface area is 81.8 Å². The number of benzene rings is 1. The molecule has 0 amide bonds. The highest BCUT2D eigenvalue weighted by Crippen LogP contribution is 2.01. The molecule has 0 nitrogen and oxygen atoms in total. The van der Waals surface area contributed by atoms with Crippen molar-refractivity contribution < 1.29 is 0 Å². The van der Waals surface area contributed by atoms with Crippen molar-refractivity contribution in [2.45, 2.75) is 19.0 Å². The van der Waals surface area contributed by atoms with Gasteiger partial charge >= 0.3 is 0 Å². The molecule has 0 saturated carbocycles. The Balaban J connectivity index is 2.16. The van der Waals surface area contributed by atoms with Crippen molar-refractivity contribution >= 4 is 26.6 Å². The zero-order chi connectivity index (χ0) is 8.65. The van der Waals surface area contributed by atoms with E-state index in [-0.39, 0.29) is 0 Å². The van der Waals surface area contributed by atoms with Crippen LogP contribution in [0.25, 0.3) is 0 Å². The molecule has 0 bridgehead atoms. The zero-order valence-corrected chi connectivity index (χ0v) is 10.3. The number of hydrogen-bond acceptors (Lipinski definition) is 0. The fourth-order valence-electron chi connectivity index (χ4n) is 1.00. The summed E-state index contributed by atoms with van der Waals surface area (Å²) < 4.78 is 0. The lowest BCUT2D eigenvalue weighted by Crippen LogP contribution is -2.09. The van der Waals surface area contributed by atoms with Crippen LogP contribution in [0.3, 0.4) is 0 Å². The van der Waals surface area contributed by atoms with Crippen LogP contribution >= 0.6 is 0 Å². The Morgan fingerprint density at radius 2 is 1.92 bits per heavy atom. The Bertz CT molecular complexity index is 198. The Morgan fingerprint density at radius 3 is 2.58 bits per heavy atom. The lowest BCUT2D eigenvalue weighted by Gasteiger charge is -1.98. The predicted octanol–water partition coefficient (Wildman–Crippen LogP) is 1.64. The fraction of sp³-hybridized carbons (Fsp3) is 0.333. The first kappa shape index (κ1) is 9.95. The molecule has 6 radical (unpaired) electrons. The molecule has 0 aromatic heterocycles. The molecular formula is C9H12Si3. The van der Waals surface area contributed by atoms with Crippen molar-refractivity contribution in [2.75, 3.05) is 0 Å². The summed E-state index contributed by atoms with van der Waals surface area (Å²) in [6.45, 7) is 2.30. The largest absolute Gasteiger partial charge is 0.0761 e. The number of rotatable bonds is 5. The van der Waals surface area contributed by atoms with Crippen molar-refractivity contribution in [1.29, 1.82) is 0 Å². The van der Waals surface area contributed by atoms with Gasteiger partial charge < -0.3 is 0 Å². The Hall–Kier alpha value is -0.129. The molecule has 0 N–H and O–H groups in total. The molecule has 0 atom stereocenters. The molecule has 0 spiro atoms. The van der Waals surface area contributed by atoms with E-state index in [2.05, 4.69) is 36.9 Å². The van der Waals surface area contributed by atoms with Gasteiger partial charge in [0, 0.05) is 26.6 Å². The summed E-state index contributed by atoms with van der Waals surface area (Å²) in [5.41, 5.74) is 1.49. The van der Waals surface area contributed by atoms with E-state index in [0.29, 0.717) is 0 Å². The van der Waals surface area contributed by atoms with Crippen molar-refractivity contribution in [3.05, 3.63) is 35.9 Å². The standard InChI is InChI=1S/C9H12Si3/c1-10-12-11-8-7-9-5-3-2-4-6-9/h2-6H,7-8H2,1H3. The van der Waals surface area contributed by atoms with Crippen molar-refractivity contribution in [1.82, 2.24) is 0 Å². The maximum absolute atomic E-state index is 2.30. The first-order chi connectivity index (χ1) is 5.93. The normalized spacial score (nSPS) is 10.1. The lowest BCUT2D eigenvalue weighted by atomic mass is 10.2. The molecule has 60 valence electrons. The molecule has 0 aliphatic rings. The Morgan fingerprint density at radius 1 is 1.17 bits per heavy atom. The average Bonchev–Trinajstić information content (AvgIpc) is 2.14.